The van der Waals surface area contributed by atoms with Crippen molar-refractivity contribution in [3.05, 3.63) is 39.3 Å². The maximum Gasteiger partial charge on any atom is 0.226 e. The molecule has 23 heavy (non-hydrogen) atoms. The van der Waals surface area contributed by atoms with Crippen LogP contribution in [0.5, 0.6) is 0 Å². The summed E-state index contributed by atoms with van der Waals surface area (Å²) in [5.74, 6) is -0.0879. The van der Waals surface area contributed by atoms with Crippen LogP contribution in [-0.2, 0) is 16.6 Å². The molecular formula is C17H23N3O2S. The van der Waals surface area contributed by atoms with Crippen LogP contribution in [0.15, 0.2) is 17.5 Å². The summed E-state index contributed by atoms with van der Waals surface area (Å²) < 4.78 is 7.77. The van der Waals surface area contributed by atoms with E-state index in [2.05, 4.69) is 10.4 Å². The standard InChI is InChI=1S/C17H23N3O2S/c1-10(14-6-5-9-23-14)18-17(21)13-7-8-22-16(13)15-11(2)19-20(4)12(15)3/h5-6,9-10,13,16H,7-8H2,1-4H3,(H,18,21)/t10-,13-,16-/m0/s1. The van der Waals surface area contributed by atoms with Crippen molar-refractivity contribution in [2.24, 2.45) is 13.0 Å². The topological polar surface area (TPSA) is 56.2 Å². The lowest BCUT2D eigenvalue weighted by Crippen LogP contribution is -2.34. The minimum absolute atomic E-state index is 0.0276. The second kappa shape index (κ2) is 6.45. The summed E-state index contributed by atoms with van der Waals surface area (Å²) in [7, 11) is 1.93. The van der Waals surface area contributed by atoms with Gasteiger partial charge in [-0.25, -0.2) is 0 Å². The lowest BCUT2D eigenvalue weighted by Gasteiger charge is -2.21. The summed E-state index contributed by atoms with van der Waals surface area (Å²) in [5.41, 5.74) is 3.08. The van der Waals surface area contributed by atoms with Crippen molar-refractivity contribution in [3.63, 3.8) is 0 Å². The van der Waals surface area contributed by atoms with E-state index in [4.69, 9.17) is 4.74 Å². The van der Waals surface area contributed by atoms with Crippen LogP contribution in [0.25, 0.3) is 0 Å². The van der Waals surface area contributed by atoms with Gasteiger partial charge in [0, 0.05) is 29.8 Å². The van der Waals surface area contributed by atoms with Crippen molar-refractivity contribution in [1.82, 2.24) is 15.1 Å². The lowest BCUT2D eigenvalue weighted by atomic mass is 9.93. The molecular weight excluding hydrogens is 310 g/mol. The van der Waals surface area contributed by atoms with E-state index in [1.54, 1.807) is 11.3 Å². The van der Waals surface area contributed by atoms with Crippen molar-refractivity contribution < 1.29 is 9.53 Å². The first-order chi connectivity index (χ1) is 11.0. The molecule has 1 amide bonds. The van der Waals surface area contributed by atoms with Crippen LogP contribution in [0.2, 0.25) is 0 Å². The summed E-state index contributed by atoms with van der Waals surface area (Å²) in [6, 6.07) is 4.08. The number of hydrogen-bond donors (Lipinski definition) is 1. The summed E-state index contributed by atoms with van der Waals surface area (Å²) in [6.45, 7) is 6.65. The van der Waals surface area contributed by atoms with Crippen LogP contribution in [0.4, 0.5) is 0 Å². The van der Waals surface area contributed by atoms with E-state index in [1.807, 2.05) is 50.0 Å². The molecule has 0 unspecified atom stereocenters. The number of nitrogens with one attached hydrogen (secondary N) is 1. The number of hydrogen-bond acceptors (Lipinski definition) is 4. The Morgan fingerprint density at radius 3 is 2.91 bits per heavy atom. The molecule has 2 aromatic heterocycles. The molecule has 3 atom stereocenters. The fourth-order valence-corrected chi connectivity index (χ4v) is 4.01. The lowest BCUT2D eigenvalue weighted by molar-refractivity contribution is -0.127. The number of carbonyl (C=O) groups excluding carboxylic acids is 1. The van der Waals surface area contributed by atoms with E-state index in [0.29, 0.717) is 6.61 Å². The molecule has 124 valence electrons. The number of rotatable bonds is 4. The Hall–Kier alpha value is -1.66. The molecule has 2 aromatic rings. The Labute approximate surface area is 140 Å². The molecule has 0 spiro atoms. The highest BCUT2D eigenvalue weighted by Crippen LogP contribution is 2.38. The van der Waals surface area contributed by atoms with Crippen molar-refractivity contribution in [3.8, 4) is 0 Å². The van der Waals surface area contributed by atoms with Crippen molar-refractivity contribution >= 4 is 17.2 Å². The molecule has 0 aliphatic carbocycles. The number of ether oxygens (including phenoxy) is 1. The maximum absolute atomic E-state index is 12.8. The van der Waals surface area contributed by atoms with Gasteiger partial charge in [0.25, 0.3) is 0 Å². The average Bonchev–Trinajstić information content (AvgIpc) is 3.21. The highest BCUT2D eigenvalue weighted by atomic mass is 32.1. The van der Waals surface area contributed by atoms with Crippen LogP contribution in [0.3, 0.4) is 0 Å². The molecule has 1 N–H and O–H groups in total. The number of nitrogens with zero attached hydrogens (tertiary/aromatic N) is 2. The zero-order chi connectivity index (χ0) is 16.6. The molecule has 1 aliphatic heterocycles. The minimum atomic E-state index is -0.195. The van der Waals surface area contributed by atoms with Crippen molar-refractivity contribution in [1.29, 1.82) is 0 Å². The van der Waals surface area contributed by atoms with E-state index in [1.165, 1.54) is 4.88 Å². The first-order valence-corrected chi connectivity index (χ1v) is 8.82. The normalized spacial score (nSPS) is 22.3. The Morgan fingerprint density at radius 2 is 2.30 bits per heavy atom. The van der Waals surface area contributed by atoms with E-state index >= 15 is 0 Å². The largest absolute Gasteiger partial charge is 0.373 e. The van der Waals surface area contributed by atoms with Gasteiger partial charge in [0.05, 0.1) is 23.8 Å². The van der Waals surface area contributed by atoms with Gasteiger partial charge in [-0.1, -0.05) is 6.07 Å². The Kier molecular flexibility index (Phi) is 4.55. The fraction of sp³-hybridized carbons (Fsp3) is 0.529. The van der Waals surface area contributed by atoms with Crippen LogP contribution in [0, 0.1) is 19.8 Å². The van der Waals surface area contributed by atoms with Gasteiger partial charge in [-0.2, -0.15) is 5.10 Å². The predicted octanol–water partition coefficient (Wildman–Crippen LogP) is 3.05. The molecule has 1 fully saturated rings. The van der Waals surface area contributed by atoms with Crippen LogP contribution in [-0.4, -0.2) is 22.3 Å². The highest BCUT2D eigenvalue weighted by Gasteiger charge is 2.38. The monoisotopic (exact) mass is 333 g/mol. The Balaban J connectivity index is 1.77. The SMILES string of the molecule is Cc1nn(C)c(C)c1[C@H]1OCC[C@@H]1C(=O)N[C@@H](C)c1cccs1. The third kappa shape index (κ3) is 3.05. The van der Waals surface area contributed by atoms with Gasteiger partial charge < -0.3 is 10.1 Å². The summed E-state index contributed by atoms with van der Waals surface area (Å²) in [6.07, 6.45) is 0.556. The fourth-order valence-electron chi connectivity index (χ4n) is 3.27. The van der Waals surface area contributed by atoms with E-state index in [9.17, 15) is 4.79 Å². The van der Waals surface area contributed by atoms with Crippen molar-refractivity contribution in [2.75, 3.05) is 6.61 Å². The maximum atomic E-state index is 12.8. The first-order valence-electron chi connectivity index (χ1n) is 7.94. The van der Waals surface area contributed by atoms with Gasteiger partial charge in [-0.05, 0) is 38.6 Å². The van der Waals surface area contributed by atoms with Crippen LogP contribution < -0.4 is 5.32 Å². The van der Waals surface area contributed by atoms with Crippen LogP contribution >= 0.6 is 11.3 Å². The van der Waals surface area contributed by atoms with E-state index in [-0.39, 0.29) is 24.0 Å². The van der Waals surface area contributed by atoms with Gasteiger partial charge in [0.1, 0.15) is 0 Å². The van der Waals surface area contributed by atoms with Gasteiger partial charge in [0.2, 0.25) is 5.91 Å². The molecule has 0 bridgehead atoms. The molecule has 3 heterocycles. The second-order valence-corrected chi connectivity index (χ2v) is 7.12. The number of amides is 1. The average molecular weight is 333 g/mol. The second-order valence-electron chi connectivity index (χ2n) is 6.14. The van der Waals surface area contributed by atoms with E-state index in [0.717, 1.165) is 23.4 Å². The van der Waals surface area contributed by atoms with Gasteiger partial charge >= 0.3 is 0 Å². The predicted molar refractivity (Wildman–Crippen MR) is 90.4 cm³/mol. The molecule has 0 radical (unpaired) electrons. The molecule has 0 saturated carbocycles. The quantitative estimate of drug-likeness (QED) is 0.935. The molecule has 0 aromatic carbocycles. The van der Waals surface area contributed by atoms with Crippen molar-refractivity contribution in [2.45, 2.75) is 39.3 Å². The zero-order valence-electron chi connectivity index (χ0n) is 14.0. The number of carbonyl (C=O) groups is 1. The number of thiophene rings is 1. The van der Waals surface area contributed by atoms with E-state index < -0.39 is 0 Å². The highest BCUT2D eigenvalue weighted by molar-refractivity contribution is 7.10. The van der Waals surface area contributed by atoms with Gasteiger partial charge in [-0.15, -0.1) is 11.3 Å². The molecule has 1 saturated heterocycles. The third-order valence-electron chi connectivity index (χ3n) is 4.61. The summed E-state index contributed by atoms with van der Waals surface area (Å²) in [4.78, 5) is 13.9. The van der Waals surface area contributed by atoms with Gasteiger partial charge in [0.15, 0.2) is 0 Å². The van der Waals surface area contributed by atoms with Crippen LogP contribution in [0.1, 0.15) is 47.3 Å². The van der Waals surface area contributed by atoms with Gasteiger partial charge in [-0.3, -0.25) is 9.48 Å². The third-order valence-corrected chi connectivity index (χ3v) is 5.66. The Morgan fingerprint density at radius 1 is 1.52 bits per heavy atom. The molecule has 3 rings (SSSR count). The zero-order valence-corrected chi connectivity index (χ0v) is 14.8. The molecule has 1 aliphatic rings. The number of aryl methyl sites for hydroxylation is 2. The first kappa shape index (κ1) is 16.2. The smallest absolute Gasteiger partial charge is 0.226 e. The minimum Gasteiger partial charge on any atom is -0.373 e. The summed E-state index contributed by atoms with van der Waals surface area (Å²) >= 11 is 1.66. The molecule has 5 nitrogen and oxygen atoms in total. The molecule has 6 heteroatoms. The summed E-state index contributed by atoms with van der Waals surface area (Å²) in [5, 5.41) is 9.62. The number of aromatic nitrogens is 2. The Bertz CT molecular complexity index is 693.